The second kappa shape index (κ2) is 11.0. The molecule has 0 fully saturated rings. The first kappa shape index (κ1) is 19.5. The van der Waals surface area contributed by atoms with Crippen molar-refractivity contribution >= 4 is 18.0 Å². The highest BCUT2D eigenvalue weighted by atomic mass is 16.6. The first-order valence-corrected chi connectivity index (χ1v) is 7.77. The molecule has 0 aliphatic carbocycles. The molecule has 1 aromatic carbocycles. The molecule has 1 amide bonds. The Balaban J connectivity index is 2.47. The van der Waals surface area contributed by atoms with Crippen LogP contribution in [0.15, 0.2) is 30.3 Å². The van der Waals surface area contributed by atoms with E-state index in [9.17, 15) is 14.4 Å². The van der Waals surface area contributed by atoms with Crippen molar-refractivity contribution in [3.05, 3.63) is 35.9 Å². The van der Waals surface area contributed by atoms with E-state index >= 15 is 0 Å². The molecule has 0 aromatic heterocycles. The van der Waals surface area contributed by atoms with Crippen LogP contribution in [-0.4, -0.2) is 37.8 Å². The van der Waals surface area contributed by atoms with Crippen LogP contribution in [-0.2, 0) is 30.4 Å². The molecule has 0 saturated heterocycles. The van der Waals surface area contributed by atoms with Crippen molar-refractivity contribution in [1.29, 1.82) is 0 Å². The van der Waals surface area contributed by atoms with Crippen LogP contribution >= 0.6 is 0 Å². The monoisotopic (exact) mass is 337 g/mol. The van der Waals surface area contributed by atoms with Crippen molar-refractivity contribution in [3.8, 4) is 0 Å². The summed E-state index contributed by atoms with van der Waals surface area (Å²) in [6, 6.07) is 7.99. The number of amides is 1. The van der Waals surface area contributed by atoms with Crippen molar-refractivity contribution < 1.29 is 28.6 Å². The van der Waals surface area contributed by atoms with E-state index in [0.717, 1.165) is 18.4 Å². The van der Waals surface area contributed by atoms with Gasteiger partial charge in [-0.2, -0.15) is 0 Å². The van der Waals surface area contributed by atoms with Crippen molar-refractivity contribution in [2.45, 2.75) is 38.8 Å². The van der Waals surface area contributed by atoms with Gasteiger partial charge in [-0.15, -0.1) is 0 Å². The number of unbranched alkanes of at least 4 members (excludes halogenated alkanes) is 1. The van der Waals surface area contributed by atoms with E-state index in [0.29, 0.717) is 0 Å². The first-order chi connectivity index (χ1) is 11.6. The topological polar surface area (TPSA) is 90.9 Å². The number of esters is 2. The lowest BCUT2D eigenvalue weighted by Crippen LogP contribution is -2.43. The van der Waals surface area contributed by atoms with Gasteiger partial charge in [0.1, 0.15) is 12.6 Å². The van der Waals surface area contributed by atoms with Crippen LogP contribution in [0.1, 0.15) is 31.7 Å². The minimum Gasteiger partial charge on any atom is -0.467 e. The van der Waals surface area contributed by atoms with Crippen molar-refractivity contribution in [2.24, 2.45) is 0 Å². The molecule has 1 atom stereocenters. The van der Waals surface area contributed by atoms with Crippen LogP contribution in [0.5, 0.6) is 0 Å². The maximum absolute atomic E-state index is 11.9. The van der Waals surface area contributed by atoms with Crippen molar-refractivity contribution in [2.75, 3.05) is 13.7 Å². The molecular formula is C17H23NO6. The minimum atomic E-state index is -1.15. The zero-order valence-corrected chi connectivity index (χ0v) is 13.9. The van der Waals surface area contributed by atoms with Crippen molar-refractivity contribution in [3.63, 3.8) is 0 Å². The number of carbonyl (C=O) groups is 3. The molecule has 1 unspecified atom stereocenters. The van der Waals surface area contributed by atoms with E-state index in [-0.39, 0.29) is 19.6 Å². The summed E-state index contributed by atoms with van der Waals surface area (Å²) in [5.74, 6) is -1.36. The molecule has 7 nitrogen and oxygen atoms in total. The van der Waals surface area contributed by atoms with Gasteiger partial charge < -0.3 is 19.5 Å². The Morgan fingerprint density at radius 1 is 1.12 bits per heavy atom. The number of carbonyl (C=O) groups excluding carboxylic acids is 3. The number of hydrogen-bond donors (Lipinski definition) is 1. The Kier molecular flexibility index (Phi) is 8.96. The van der Waals surface area contributed by atoms with Gasteiger partial charge in [0, 0.05) is 0 Å². The maximum atomic E-state index is 11.9. The number of hydrogen-bond acceptors (Lipinski definition) is 6. The SMILES string of the molecule is CCCCOC(=O)NC(CC(=O)OCc1ccccc1)C(=O)OC. The van der Waals surface area contributed by atoms with Crippen LogP contribution in [0.25, 0.3) is 0 Å². The molecule has 0 aliphatic heterocycles. The predicted molar refractivity (Wildman–Crippen MR) is 86.1 cm³/mol. The number of benzene rings is 1. The third-order valence-electron chi connectivity index (χ3n) is 3.12. The zero-order chi connectivity index (χ0) is 17.8. The van der Waals surface area contributed by atoms with Crippen LogP contribution in [0.2, 0.25) is 0 Å². The van der Waals surface area contributed by atoms with Crippen molar-refractivity contribution in [1.82, 2.24) is 5.32 Å². The fourth-order valence-electron chi connectivity index (χ4n) is 1.79. The molecule has 132 valence electrons. The highest BCUT2D eigenvalue weighted by molar-refractivity contribution is 5.86. The van der Waals surface area contributed by atoms with Gasteiger partial charge in [0.15, 0.2) is 0 Å². The Labute approximate surface area is 141 Å². The van der Waals surface area contributed by atoms with E-state index in [1.54, 1.807) is 0 Å². The number of methoxy groups -OCH3 is 1. The largest absolute Gasteiger partial charge is 0.467 e. The third kappa shape index (κ3) is 7.62. The van der Waals surface area contributed by atoms with Crippen LogP contribution in [0.4, 0.5) is 4.79 Å². The second-order valence-electron chi connectivity index (χ2n) is 5.06. The summed E-state index contributed by atoms with van der Waals surface area (Å²) in [6.07, 6.45) is 0.492. The van der Waals surface area contributed by atoms with Gasteiger partial charge in [-0.1, -0.05) is 43.7 Å². The fourth-order valence-corrected chi connectivity index (χ4v) is 1.79. The Bertz CT molecular complexity index is 531. The van der Waals surface area contributed by atoms with Crippen LogP contribution in [0.3, 0.4) is 0 Å². The van der Waals surface area contributed by atoms with E-state index in [1.165, 1.54) is 7.11 Å². The molecule has 24 heavy (non-hydrogen) atoms. The van der Waals surface area contributed by atoms with Gasteiger partial charge in [-0.3, -0.25) is 4.79 Å². The Morgan fingerprint density at radius 3 is 2.46 bits per heavy atom. The van der Waals surface area contributed by atoms with Crippen LogP contribution in [0, 0.1) is 0 Å². The summed E-state index contributed by atoms with van der Waals surface area (Å²) in [4.78, 5) is 35.2. The lowest BCUT2D eigenvalue weighted by Gasteiger charge is -2.16. The molecule has 1 aromatic rings. The molecule has 0 spiro atoms. The molecular weight excluding hydrogens is 314 g/mol. The molecule has 1 rings (SSSR count). The molecule has 0 radical (unpaired) electrons. The normalized spacial score (nSPS) is 11.2. The average molecular weight is 337 g/mol. The van der Waals surface area contributed by atoms with Gasteiger partial charge >= 0.3 is 18.0 Å². The summed E-state index contributed by atoms with van der Waals surface area (Å²) < 4.78 is 14.6. The van der Waals surface area contributed by atoms with Gasteiger partial charge in [-0.05, 0) is 12.0 Å². The fraction of sp³-hybridized carbons (Fsp3) is 0.471. The van der Waals surface area contributed by atoms with Crippen LogP contribution < -0.4 is 5.32 Å². The van der Waals surface area contributed by atoms with Gasteiger partial charge in [0.05, 0.1) is 20.1 Å². The lowest BCUT2D eigenvalue weighted by atomic mass is 10.2. The van der Waals surface area contributed by atoms with E-state index in [2.05, 4.69) is 10.1 Å². The molecule has 0 aliphatic rings. The summed E-state index contributed by atoms with van der Waals surface area (Å²) in [5, 5.41) is 2.32. The molecule has 0 saturated carbocycles. The molecule has 0 heterocycles. The van der Waals surface area contributed by atoms with E-state index in [4.69, 9.17) is 9.47 Å². The third-order valence-corrected chi connectivity index (χ3v) is 3.12. The predicted octanol–water partition coefficient (Wildman–Crippen LogP) is 2.19. The highest BCUT2D eigenvalue weighted by Gasteiger charge is 2.26. The van der Waals surface area contributed by atoms with Gasteiger partial charge in [-0.25, -0.2) is 9.59 Å². The Hall–Kier alpha value is -2.57. The van der Waals surface area contributed by atoms with Gasteiger partial charge in [0.25, 0.3) is 0 Å². The first-order valence-electron chi connectivity index (χ1n) is 7.77. The number of nitrogens with one attached hydrogen (secondary N) is 1. The highest BCUT2D eigenvalue weighted by Crippen LogP contribution is 2.04. The zero-order valence-electron chi connectivity index (χ0n) is 13.9. The lowest BCUT2D eigenvalue weighted by molar-refractivity contribution is -0.151. The molecule has 0 bridgehead atoms. The average Bonchev–Trinajstić information content (AvgIpc) is 2.60. The maximum Gasteiger partial charge on any atom is 0.407 e. The smallest absolute Gasteiger partial charge is 0.407 e. The summed E-state index contributed by atoms with van der Waals surface area (Å²) in [5.41, 5.74) is 0.826. The van der Waals surface area contributed by atoms with E-state index < -0.39 is 24.1 Å². The summed E-state index contributed by atoms with van der Waals surface area (Å²) >= 11 is 0. The second-order valence-corrected chi connectivity index (χ2v) is 5.06. The summed E-state index contributed by atoms with van der Waals surface area (Å²) in [6.45, 7) is 2.30. The quantitative estimate of drug-likeness (QED) is 0.422. The van der Waals surface area contributed by atoms with E-state index in [1.807, 2.05) is 37.3 Å². The molecule has 1 N–H and O–H groups in total. The van der Waals surface area contributed by atoms with Gasteiger partial charge in [0.2, 0.25) is 0 Å². The summed E-state index contributed by atoms with van der Waals surface area (Å²) in [7, 11) is 1.18. The molecule has 7 heteroatoms. The number of alkyl carbamates (subject to hydrolysis) is 1. The Morgan fingerprint density at radius 2 is 1.83 bits per heavy atom. The number of ether oxygens (including phenoxy) is 3. The standard InChI is InChI=1S/C17H23NO6/c1-3-4-10-23-17(21)18-14(16(20)22-2)11-15(19)24-12-13-8-6-5-7-9-13/h5-9,14H,3-4,10-12H2,1-2H3,(H,18,21). The number of rotatable bonds is 9. The minimum absolute atomic E-state index is 0.0918.